The van der Waals surface area contributed by atoms with E-state index in [1.807, 2.05) is 0 Å². The Kier molecular flexibility index (Phi) is 7.46. The van der Waals surface area contributed by atoms with Crippen molar-refractivity contribution in [2.24, 2.45) is 0 Å². The van der Waals surface area contributed by atoms with Crippen LogP contribution >= 0.6 is 0 Å². The van der Waals surface area contributed by atoms with Gasteiger partial charge in [-0.25, -0.2) is 9.59 Å². The third-order valence-corrected chi connectivity index (χ3v) is 5.13. The van der Waals surface area contributed by atoms with Crippen LogP contribution in [0.5, 0.6) is 5.75 Å². The third-order valence-electron chi connectivity index (χ3n) is 5.13. The van der Waals surface area contributed by atoms with E-state index in [4.69, 9.17) is 14.2 Å². The summed E-state index contributed by atoms with van der Waals surface area (Å²) in [5.74, 6) is -0.675. The molecule has 0 radical (unpaired) electrons. The van der Waals surface area contributed by atoms with Crippen molar-refractivity contribution in [3.05, 3.63) is 29.8 Å². The van der Waals surface area contributed by atoms with Crippen LogP contribution in [0.3, 0.4) is 0 Å². The van der Waals surface area contributed by atoms with Gasteiger partial charge in [-0.3, -0.25) is 10.1 Å². The number of hydrogen-bond acceptors (Lipinski definition) is 6. The first-order valence-corrected chi connectivity index (χ1v) is 10.2. The van der Waals surface area contributed by atoms with Gasteiger partial charge < -0.3 is 19.5 Å². The highest BCUT2D eigenvalue weighted by molar-refractivity contribution is 5.98. The van der Waals surface area contributed by atoms with Crippen LogP contribution < -0.4 is 15.4 Å². The van der Waals surface area contributed by atoms with Gasteiger partial charge in [-0.15, -0.1) is 0 Å². The molecule has 1 aromatic carbocycles. The van der Waals surface area contributed by atoms with Crippen molar-refractivity contribution < 1.29 is 28.6 Å². The summed E-state index contributed by atoms with van der Waals surface area (Å²) in [7, 11) is 0. The van der Waals surface area contributed by atoms with E-state index in [1.165, 1.54) is 6.92 Å². The van der Waals surface area contributed by atoms with Gasteiger partial charge in [-0.05, 0) is 56.9 Å². The van der Waals surface area contributed by atoms with Crippen molar-refractivity contribution >= 4 is 17.9 Å². The molecule has 3 amide bonds. The topological polar surface area (TPSA) is 103 Å². The highest BCUT2D eigenvalue weighted by Crippen LogP contribution is 2.18. The molecule has 1 aliphatic heterocycles. The molecular formula is C21H28N2O6. The van der Waals surface area contributed by atoms with Gasteiger partial charge >= 0.3 is 12.0 Å². The van der Waals surface area contributed by atoms with Crippen LogP contribution in [-0.2, 0) is 14.3 Å². The Morgan fingerprint density at radius 3 is 2.48 bits per heavy atom. The maximum Gasteiger partial charge on any atom is 0.338 e. The summed E-state index contributed by atoms with van der Waals surface area (Å²) in [6.07, 6.45) is 5.04. The van der Waals surface area contributed by atoms with Gasteiger partial charge in [0, 0.05) is 12.6 Å². The number of imide groups is 1. The molecule has 2 N–H and O–H groups in total. The van der Waals surface area contributed by atoms with Gasteiger partial charge in [-0.1, -0.05) is 12.8 Å². The summed E-state index contributed by atoms with van der Waals surface area (Å²) in [4.78, 5) is 36.2. The zero-order valence-corrected chi connectivity index (χ0v) is 16.6. The van der Waals surface area contributed by atoms with E-state index in [1.54, 1.807) is 24.3 Å². The number of carbonyl (C=O) groups is 3. The summed E-state index contributed by atoms with van der Waals surface area (Å²) in [6, 6.07) is 6.03. The molecule has 158 valence electrons. The molecule has 2 fully saturated rings. The lowest BCUT2D eigenvalue weighted by Gasteiger charge is -2.16. The second kappa shape index (κ2) is 10.2. The van der Waals surface area contributed by atoms with Crippen LogP contribution in [0, 0.1) is 0 Å². The van der Waals surface area contributed by atoms with E-state index in [-0.39, 0.29) is 12.1 Å². The molecule has 1 aromatic rings. The Balaban J connectivity index is 1.41. The Morgan fingerprint density at radius 1 is 1.10 bits per heavy atom. The number of esters is 1. The summed E-state index contributed by atoms with van der Waals surface area (Å²) >= 11 is 0. The first-order chi connectivity index (χ1) is 14.0. The lowest BCUT2D eigenvalue weighted by Crippen LogP contribution is -2.47. The number of amides is 3. The van der Waals surface area contributed by atoms with Crippen molar-refractivity contribution in [3.8, 4) is 5.75 Å². The normalized spacial score (nSPS) is 20.1. The van der Waals surface area contributed by atoms with E-state index >= 15 is 0 Å². The van der Waals surface area contributed by atoms with Gasteiger partial charge in [0.15, 0.2) is 6.10 Å². The maximum atomic E-state index is 12.2. The fourth-order valence-corrected chi connectivity index (χ4v) is 3.44. The molecule has 8 heteroatoms. The lowest BCUT2D eigenvalue weighted by molar-refractivity contribution is -0.127. The zero-order chi connectivity index (χ0) is 20.6. The average Bonchev–Trinajstić information content (AvgIpc) is 3.40. The molecule has 0 unspecified atom stereocenters. The monoisotopic (exact) mass is 404 g/mol. The quantitative estimate of drug-likeness (QED) is 0.677. The third kappa shape index (κ3) is 6.45. The minimum absolute atomic E-state index is 0.0987. The number of carbonyl (C=O) groups excluding carboxylic acids is 3. The Hall–Kier alpha value is -2.61. The number of rotatable bonds is 7. The zero-order valence-electron chi connectivity index (χ0n) is 16.6. The van der Waals surface area contributed by atoms with E-state index in [0.29, 0.717) is 17.9 Å². The highest BCUT2D eigenvalue weighted by atomic mass is 16.5. The summed E-state index contributed by atoms with van der Waals surface area (Å²) in [6.45, 7) is 2.67. The maximum absolute atomic E-state index is 12.2. The molecule has 0 spiro atoms. The van der Waals surface area contributed by atoms with Crippen LogP contribution in [0.2, 0.25) is 0 Å². The predicted octanol–water partition coefficient (Wildman–Crippen LogP) is 2.56. The molecule has 1 heterocycles. The first-order valence-electron chi connectivity index (χ1n) is 10.2. The number of ether oxygens (including phenoxy) is 3. The second-order valence-electron chi connectivity index (χ2n) is 7.46. The molecule has 1 saturated carbocycles. The lowest BCUT2D eigenvalue weighted by atomic mass is 10.2. The van der Waals surface area contributed by atoms with Crippen molar-refractivity contribution in [3.63, 3.8) is 0 Å². The molecule has 1 saturated heterocycles. The number of hydrogen-bond donors (Lipinski definition) is 2. The summed E-state index contributed by atoms with van der Waals surface area (Å²) in [5.41, 5.74) is 0.296. The average molecular weight is 404 g/mol. The molecule has 1 aliphatic carbocycles. The molecule has 3 rings (SSSR count). The predicted molar refractivity (Wildman–Crippen MR) is 105 cm³/mol. The minimum Gasteiger partial charge on any atom is -0.491 e. The number of benzene rings is 1. The van der Waals surface area contributed by atoms with Crippen molar-refractivity contribution in [1.29, 1.82) is 0 Å². The van der Waals surface area contributed by atoms with E-state index in [2.05, 4.69) is 10.6 Å². The van der Waals surface area contributed by atoms with Gasteiger partial charge in [0.1, 0.15) is 12.4 Å². The molecule has 0 aromatic heterocycles. The summed E-state index contributed by atoms with van der Waals surface area (Å²) in [5, 5.41) is 4.97. The van der Waals surface area contributed by atoms with Crippen molar-refractivity contribution in [2.45, 2.75) is 63.7 Å². The second-order valence-corrected chi connectivity index (χ2v) is 7.46. The van der Waals surface area contributed by atoms with Crippen LogP contribution in [0.1, 0.15) is 55.8 Å². The Labute approximate surface area is 170 Å². The molecule has 2 aliphatic rings. The standard InChI is InChI=1S/C21H28N2O6/c1-14(19(24)23-21(26)22-16-5-2-3-6-16)29-20(25)15-8-10-17(11-9-15)28-13-18-7-4-12-27-18/h8-11,14,16,18H,2-7,12-13H2,1H3,(H2,22,23,24,26)/t14-,18-/m1/s1. The molecule has 29 heavy (non-hydrogen) atoms. The van der Waals surface area contributed by atoms with Gasteiger partial charge in [0.2, 0.25) is 0 Å². The first kappa shape index (κ1) is 21.1. The van der Waals surface area contributed by atoms with Crippen LogP contribution in [0.4, 0.5) is 4.79 Å². The molecule has 0 bridgehead atoms. The van der Waals surface area contributed by atoms with Crippen LogP contribution in [-0.4, -0.2) is 49.4 Å². The molecule has 2 atom stereocenters. The Bertz CT molecular complexity index is 708. The van der Waals surface area contributed by atoms with Gasteiger partial charge in [-0.2, -0.15) is 0 Å². The van der Waals surface area contributed by atoms with E-state index in [9.17, 15) is 14.4 Å². The SMILES string of the molecule is C[C@@H](OC(=O)c1ccc(OC[C@H]2CCCO2)cc1)C(=O)NC(=O)NC1CCCC1. The van der Waals surface area contributed by atoms with Crippen LogP contribution in [0.25, 0.3) is 0 Å². The van der Waals surface area contributed by atoms with Crippen LogP contribution in [0.15, 0.2) is 24.3 Å². The van der Waals surface area contributed by atoms with Crippen molar-refractivity contribution in [1.82, 2.24) is 10.6 Å². The fraction of sp³-hybridized carbons (Fsp3) is 0.571. The molecular weight excluding hydrogens is 376 g/mol. The number of urea groups is 1. The van der Waals surface area contributed by atoms with E-state index in [0.717, 1.165) is 45.1 Å². The van der Waals surface area contributed by atoms with E-state index < -0.39 is 24.0 Å². The van der Waals surface area contributed by atoms with Crippen molar-refractivity contribution in [2.75, 3.05) is 13.2 Å². The van der Waals surface area contributed by atoms with Gasteiger partial charge in [0.05, 0.1) is 11.7 Å². The Morgan fingerprint density at radius 2 is 1.83 bits per heavy atom. The fourth-order valence-electron chi connectivity index (χ4n) is 3.44. The minimum atomic E-state index is -1.09. The molecule has 8 nitrogen and oxygen atoms in total. The van der Waals surface area contributed by atoms with Gasteiger partial charge in [0.25, 0.3) is 5.91 Å². The summed E-state index contributed by atoms with van der Waals surface area (Å²) < 4.78 is 16.3. The largest absolute Gasteiger partial charge is 0.491 e. The highest BCUT2D eigenvalue weighted by Gasteiger charge is 2.23. The smallest absolute Gasteiger partial charge is 0.338 e. The number of nitrogens with one attached hydrogen (secondary N) is 2.